The van der Waals surface area contributed by atoms with Crippen molar-refractivity contribution in [1.82, 2.24) is 0 Å². The molecule has 2 aromatic rings. The highest BCUT2D eigenvalue weighted by molar-refractivity contribution is 6.32. The monoisotopic (exact) mass is 303 g/mol. The largest absolute Gasteiger partial charge is 0.508 e. The fraction of sp³-hybridized carbons (Fsp3) is 0. The van der Waals surface area contributed by atoms with E-state index in [-0.39, 0.29) is 17.2 Å². The Bertz CT molecular complexity index is 723. The smallest absolute Gasteiger partial charge is 0.270 e. The molecule has 0 atom stereocenters. The zero-order valence-electron chi connectivity index (χ0n) is 10.7. The number of carbonyl (C=O) groups is 1. The van der Waals surface area contributed by atoms with Crippen molar-refractivity contribution in [2.75, 3.05) is 0 Å². The minimum atomic E-state index is -0.532. The molecule has 0 amide bonds. The van der Waals surface area contributed by atoms with Crippen LogP contribution in [0.2, 0.25) is 5.02 Å². The number of nitro benzene ring substituents is 1. The average Bonchev–Trinajstić information content (AvgIpc) is 2.46. The number of aromatic hydroxyl groups is 1. The van der Waals surface area contributed by atoms with Gasteiger partial charge in [0.15, 0.2) is 5.78 Å². The number of hydrogen-bond donors (Lipinski definition) is 1. The lowest BCUT2D eigenvalue weighted by molar-refractivity contribution is -0.384. The number of allylic oxidation sites excluding steroid dienone is 1. The van der Waals surface area contributed by atoms with Gasteiger partial charge in [-0.1, -0.05) is 11.6 Å². The molecule has 0 aliphatic heterocycles. The van der Waals surface area contributed by atoms with Crippen molar-refractivity contribution >= 4 is 29.1 Å². The van der Waals surface area contributed by atoms with Crippen LogP contribution in [0.4, 0.5) is 5.69 Å². The number of phenols is 1. The molecule has 21 heavy (non-hydrogen) atoms. The molecule has 0 saturated carbocycles. The van der Waals surface area contributed by atoms with Gasteiger partial charge in [0.25, 0.3) is 5.69 Å². The van der Waals surface area contributed by atoms with Gasteiger partial charge in [0.1, 0.15) is 5.75 Å². The van der Waals surface area contributed by atoms with E-state index in [4.69, 9.17) is 16.7 Å². The first-order chi connectivity index (χ1) is 9.97. The second-order valence-corrected chi connectivity index (χ2v) is 4.61. The third-order valence-electron chi connectivity index (χ3n) is 2.76. The third kappa shape index (κ3) is 3.67. The molecule has 0 bridgehead atoms. The number of carbonyl (C=O) groups excluding carboxylic acids is 1. The van der Waals surface area contributed by atoms with Crippen molar-refractivity contribution in [3.05, 3.63) is 74.8 Å². The predicted octanol–water partition coefficient (Wildman–Crippen LogP) is 3.85. The Hall–Kier alpha value is -2.66. The molecule has 0 aromatic heterocycles. The standard InChI is InChI=1S/C15H10ClNO4/c16-14-7-4-12(17(20)21)9-11(14)3-8-15(19)10-1-5-13(18)6-2-10/h1-9,18H/b8-3+. The van der Waals surface area contributed by atoms with Crippen LogP contribution in [-0.2, 0) is 0 Å². The van der Waals surface area contributed by atoms with E-state index in [0.29, 0.717) is 16.1 Å². The molecule has 0 unspecified atom stereocenters. The lowest BCUT2D eigenvalue weighted by Crippen LogP contribution is -1.93. The van der Waals surface area contributed by atoms with E-state index in [1.54, 1.807) is 0 Å². The van der Waals surface area contributed by atoms with E-state index in [1.165, 1.54) is 54.6 Å². The molecule has 0 spiro atoms. The van der Waals surface area contributed by atoms with E-state index < -0.39 is 4.92 Å². The quantitative estimate of drug-likeness (QED) is 0.402. The maximum Gasteiger partial charge on any atom is 0.270 e. The van der Waals surface area contributed by atoms with Crippen molar-refractivity contribution < 1.29 is 14.8 Å². The Morgan fingerprint density at radius 3 is 2.48 bits per heavy atom. The molecule has 0 heterocycles. The zero-order valence-corrected chi connectivity index (χ0v) is 11.4. The van der Waals surface area contributed by atoms with E-state index >= 15 is 0 Å². The van der Waals surface area contributed by atoms with Gasteiger partial charge in [0.05, 0.1) is 4.92 Å². The predicted molar refractivity (Wildman–Crippen MR) is 79.6 cm³/mol. The molecule has 5 nitrogen and oxygen atoms in total. The minimum absolute atomic E-state index is 0.0669. The Kier molecular flexibility index (Phi) is 4.35. The Morgan fingerprint density at radius 1 is 1.19 bits per heavy atom. The molecule has 6 heteroatoms. The van der Waals surface area contributed by atoms with Gasteiger partial charge in [-0.15, -0.1) is 0 Å². The number of nitrogens with zero attached hydrogens (tertiary/aromatic N) is 1. The van der Waals surface area contributed by atoms with Gasteiger partial charge in [-0.3, -0.25) is 14.9 Å². The van der Waals surface area contributed by atoms with Crippen molar-refractivity contribution in [3.8, 4) is 5.75 Å². The first-order valence-corrected chi connectivity index (χ1v) is 6.30. The van der Waals surface area contributed by atoms with Gasteiger partial charge >= 0.3 is 0 Å². The van der Waals surface area contributed by atoms with Gasteiger partial charge in [0, 0.05) is 22.7 Å². The summed E-state index contributed by atoms with van der Waals surface area (Å²) in [5.41, 5.74) is 0.680. The highest BCUT2D eigenvalue weighted by Crippen LogP contribution is 2.23. The van der Waals surface area contributed by atoms with Gasteiger partial charge in [-0.25, -0.2) is 0 Å². The Morgan fingerprint density at radius 2 is 1.86 bits per heavy atom. The van der Waals surface area contributed by atoms with Gasteiger partial charge in [-0.2, -0.15) is 0 Å². The molecule has 0 aliphatic carbocycles. The summed E-state index contributed by atoms with van der Waals surface area (Å²) in [6.45, 7) is 0. The van der Waals surface area contributed by atoms with Crippen LogP contribution in [0.5, 0.6) is 5.75 Å². The maximum atomic E-state index is 11.9. The van der Waals surface area contributed by atoms with Crippen molar-refractivity contribution in [1.29, 1.82) is 0 Å². The van der Waals surface area contributed by atoms with E-state index in [2.05, 4.69) is 0 Å². The number of phenolic OH excluding ortho intramolecular Hbond substituents is 1. The number of halogens is 1. The number of benzene rings is 2. The summed E-state index contributed by atoms with van der Waals surface area (Å²) in [4.78, 5) is 22.1. The number of rotatable bonds is 4. The molecule has 0 saturated heterocycles. The molecule has 0 aliphatic rings. The summed E-state index contributed by atoms with van der Waals surface area (Å²) in [6, 6.07) is 9.77. The lowest BCUT2D eigenvalue weighted by Gasteiger charge is -1.99. The van der Waals surface area contributed by atoms with Gasteiger partial charge < -0.3 is 5.11 Å². The summed E-state index contributed by atoms with van der Waals surface area (Å²) in [5.74, 6) is -0.227. The van der Waals surface area contributed by atoms with Gasteiger partial charge in [0.2, 0.25) is 0 Å². The molecular weight excluding hydrogens is 294 g/mol. The van der Waals surface area contributed by atoms with E-state index in [0.717, 1.165) is 0 Å². The van der Waals surface area contributed by atoms with Crippen LogP contribution in [0.25, 0.3) is 6.08 Å². The van der Waals surface area contributed by atoms with Crippen LogP contribution in [-0.4, -0.2) is 15.8 Å². The maximum absolute atomic E-state index is 11.9. The summed E-state index contributed by atoms with van der Waals surface area (Å²) in [7, 11) is 0. The van der Waals surface area contributed by atoms with Crippen LogP contribution in [0.1, 0.15) is 15.9 Å². The van der Waals surface area contributed by atoms with Crippen LogP contribution in [0.3, 0.4) is 0 Å². The number of hydrogen-bond acceptors (Lipinski definition) is 4. The van der Waals surface area contributed by atoms with Crippen LogP contribution < -0.4 is 0 Å². The summed E-state index contributed by atoms with van der Waals surface area (Å²) in [6.07, 6.45) is 2.70. The topological polar surface area (TPSA) is 80.4 Å². The number of non-ortho nitro benzene ring substituents is 1. The molecule has 1 N–H and O–H groups in total. The van der Waals surface area contributed by atoms with Crippen molar-refractivity contribution in [2.24, 2.45) is 0 Å². The molecule has 106 valence electrons. The average molecular weight is 304 g/mol. The van der Waals surface area contributed by atoms with Gasteiger partial charge in [-0.05, 0) is 48.0 Å². The highest BCUT2D eigenvalue weighted by atomic mass is 35.5. The molecule has 2 aromatic carbocycles. The number of ketones is 1. The second-order valence-electron chi connectivity index (χ2n) is 4.21. The van der Waals surface area contributed by atoms with Crippen LogP contribution in [0, 0.1) is 10.1 Å². The fourth-order valence-electron chi connectivity index (χ4n) is 1.66. The van der Waals surface area contributed by atoms with Crippen molar-refractivity contribution in [2.45, 2.75) is 0 Å². The minimum Gasteiger partial charge on any atom is -0.508 e. The lowest BCUT2D eigenvalue weighted by atomic mass is 10.1. The molecule has 0 fully saturated rings. The first-order valence-electron chi connectivity index (χ1n) is 5.93. The summed E-state index contributed by atoms with van der Waals surface area (Å²) < 4.78 is 0. The SMILES string of the molecule is O=C(/C=C/c1cc([N+](=O)[O-])ccc1Cl)c1ccc(O)cc1. The zero-order chi connectivity index (χ0) is 15.4. The van der Waals surface area contributed by atoms with Crippen LogP contribution >= 0.6 is 11.6 Å². The fourth-order valence-corrected chi connectivity index (χ4v) is 1.84. The van der Waals surface area contributed by atoms with E-state index in [1.807, 2.05) is 0 Å². The molecule has 0 radical (unpaired) electrons. The second kappa shape index (κ2) is 6.19. The molecule has 2 rings (SSSR count). The van der Waals surface area contributed by atoms with Crippen LogP contribution in [0.15, 0.2) is 48.5 Å². The normalized spacial score (nSPS) is 10.7. The van der Waals surface area contributed by atoms with E-state index in [9.17, 15) is 14.9 Å². The summed E-state index contributed by atoms with van der Waals surface area (Å²) in [5, 5.41) is 20.2. The van der Waals surface area contributed by atoms with Crippen molar-refractivity contribution in [3.63, 3.8) is 0 Å². The number of nitro groups is 1. The molecular formula is C15H10ClNO4. The highest BCUT2D eigenvalue weighted by Gasteiger charge is 2.08. The first kappa shape index (κ1) is 14.7. The Balaban J connectivity index is 2.24. The Labute approximate surface area is 125 Å². The third-order valence-corrected chi connectivity index (χ3v) is 3.10. The summed E-state index contributed by atoms with van der Waals surface area (Å²) >= 11 is 5.93.